The van der Waals surface area contributed by atoms with E-state index < -0.39 is 60.2 Å². The second-order valence-corrected chi connectivity index (χ2v) is 9.68. The average molecular weight is 553 g/mol. The third kappa shape index (κ3) is 8.98. The Hall–Kier alpha value is -3.23. The zero-order valence-electron chi connectivity index (χ0n) is 20.2. The monoisotopic (exact) mass is 552 g/mol. The van der Waals surface area contributed by atoms with Gasteiger partial charge >= 0.3 is 5.97 Å². The van der Waals surface area contributed by atoms with Gasteiger partial charge in [0.1, 0.15) is 18.1 Å². The van der Waals surface area contributed by atoms with Crippen molar-refractivity contribution in [1.29, 1.82) is 0 Å². The van der Waals surface area contributed by atoms with E-state index in [9.17, 15) is 29.1 Å². The second-order valence-electron chi connectivity index (χ2n) is 8.33. The second kappa shape index (κ2) is 14.5. The third-order valence-corrected chi connectivity index (χ3v) is 6.54. The van der Waals surface area contributed by atoms with Crippen LogP contribution in [0.5, 0.6) is 0 Å². The van der Waals surface area contributed by atoms with Crippen molar-refractivity contribution in [2.24, 2.45) is 11.5 Å². The first kappa shape index (κ1) is 30.0. The lowest BCUT2D eigenvalue weighted by Gasteiger charge is -2.25. The van der Waals surface area contributed by atoms with Crippen LogP contribution in [0.1, 0.15) is 18.4 Å². The van der Waals surface area contributed by atoms with Crippen molar-refractivity contribution in [1.82, 2.24) is 20.9 Å². The third-order valence-electron chi connectivity index (χ3n) is 5.53. The van der Waals surface area contributed by atoms with Gasteiger partial charge in [0.05, 0.1) is 12.5 Å². The lowest BCUT2D eigenvalue weighted by Crippen LogP contribution is -2.58. The summed E-state index contributed by atoms with van der Waals surface area (Å²) in [5, 5.41) is 17.7. The number of benzene rings is 1. The number of nitrogens with two attached hydrogens (primary N) is 2. The van der Waals surface area contributed by atoms with Crippen LogP contribution in [0.25, 0.3) is 10.9 Å². The first-order valence-electron chi connectivity index (χ1n) is 11.4. The Labute approximate surface area is 223 Å². The molecule has 9 N–H and O–H groups in total. The minimum Gasteiger partial charge on any atom is -0.480 e. The van der Waals surface area contributed by atoms with Gasteiger partial charge in [0, 0.05) is 29.3 Å². The number of amides is 4. The Kier molecular flexibility index (Phi) is 11.8. The molecule has 0 saturated carbocycles. The van der Waals surface area contributed by atoms with Crippen LogP contribution in [0.4, 0.5) is 0 Å². The van der Waals surface area contributed by atoms with Crippen molar-refractivity contribution >= 4 is 64.9 Å². The fourth-order valence-electron chi connectivity index (χ4n) is 3.55. The molecule has 1 aromatic carbocycles. The van der Waals surface area contributed by atoms with Crippen LogP contribution >= 0.6 is 24.4 Å². The van der Waals surface area contributed by atoms with Gasteiger partial charge in [-0.25, -0.2) is 4.79 Å². The average Bonchev–Trinajstić information content (AvgIpc) is 3.26. The van der Waals surface area contributed by atoms with Gasteiger partial charge < -0.3 is 37.5 Å². The van der Waals surface area contributed by atoms with Crippen LogP contribution in [-0.4, -0.2) is 81.6 Å². The maximum absolute atomic E-state index is 13.2. The summed E-state index contributed by atoms with van der Waals surface area (Å²) in [4.78, 5) is 64.5. The number of H-pyrrole nitrogens is 1. The normalized spacial score (nSPS) is 14.2. The molecule has 202 valence electrons. The molecule has 4 unspecified atom stereocenters. The molecule has 0 aliphatic carbocycles. The number of rotatable bonds is 15. The number of aromatic nitrogens is 1. The summed E-state index contributed by atoms with van der Waals surface area (Å²) in [5.74, 6) is -3.80. The van der Waals surface area contributed by atoms with Crippen LogP contribution in [-0.2, 0) is 30.4 Å². The number of carboxylic acid groups (broad SMARTS) is 1. The molecule has 1 aromatic heterocycles. The summed E-state index contributed by atoms with van der Waals surface area (Å²) in [5.41, 5.74) is 12.4. The molecule has 0 radical (unpaired) electrons. The highest BCUT2D eigenvalue weighted by Gasteiger charge is 2.30. The van der Waals surface area contributed by atoms with E-state index in [1.54, 1.807) is 6.20 Å². The molecule has 4 amide bonds. The Bertz CT molecular complexity index is 1130. The molecular weight excluding hydrogens is 520 g/mol. The molecule has 0 aliphatic heterocycles. The number of aliphatic carboxylic acids is 1. The fraction of sp³-hybridized carbons (Fsp3) is 0.435. The highest BCUT2D eigenvalue weighted by molar-refractivity contribution is 7.98. The number of hydrogen-bond donors (Lipinski definition) is 8. The molecule has 4 atom stereocenters. The molecular formula is C23H32N6O6S2. The molecule has 0 fully saturated rings. The molecule has 14 heteroatoms. The standard InChI is InChI=1S/C23H32N6O6S2/c1-37-7-6-16(27-20(31)14(24)9-19(25)30)21(32)28-17(22(33)29-18(11-36)23(34)35)8-12-10-26-15-5-3-2-4-13(12)15/h2-5,10,14,16-18,26,36H,6-9,11,24H2,1H3,(H2,25,30)(H,27,31)(H,28,32)(H,29,33)(H,34,35). The number of aromatic amines is 1. The van der Waals surface area contributed by atoms with Gasteiger partial charge in [-0.15, -0.1) is 0 Å². The van der Waals surface area contributed by atoms with Crippen molar-refractivity contribution in [3.8, 4) is 0 Å². The summed E-state index contributed by atoms with van der Waals surface area (Å²) in [7, 11) is 0. The first-order valence-corrected chi connectivity index (χ1v) is 13.4. The zero-order chi connectivity index (χ0) is 27.5. The van der Waals surface area contributed by atoms with Gasteiger partial charge in [0.2, 0.25) is 23.6 Å². The van der Waals surface area contributed by atoms with Crippen molar-refractivity contribution in [2.75, 3.05) is 17.8 Å². The van der Waals surface area contributed by atoms with E-state index in [4.69, 9.17) is 11.5 Å². The Morgan fingerprint density at radius 1 is 1.03 bits per heavy atom. The van der Waals surface area contributed by atoms with Crippen LogP contribution in [0.15, 0.2) is 30.5 Å². The number of carboxylic acids is 1. The molecule has 0 aliphatic rings. The van der Waals surface area contributed by atoms with Gasteiger partial charge in [-0.1, -0.05) is 18.2 Å². The maximum atomic E-state index is 13.2. The predicted molar refractivity (Wildman–Crippen MR) is 144 cm³/mol. The van der Waals surface area contributed by atoms with Crippen molar-refractivity contribution in [2.45, 2.75) is 43.4 Å². The van der Waals surface area contributed by atoms with Crippen LogP contribution in [0.2, 0.25) is 0 Å². The first-order chi connectivity index (χ1) is 17.6. The largest absolute Gasteiger partial charge is 0.480 e. The van der Waals surface area contributed by atoms with E-state index in [0.717, 1.165) is 16.5 Å². The van der Waals surface area contributed by atoms with Gasteiger partial charge in [0.15, 0.2) is 0 Å². The summed E-state index contributed by atoms with van der Waals surface area (Å²) in [6, 6.07) is 2.67. The topological polar surface area (TPSA) is 209 Å². The highest BCUT2D eigenvalue weighted by Crippen LogP contribution is 2.19. The molecule has 12 nitrogen and oxygen atoms in total. The van der Waals surface area contributed by atoms with Crippen molar-refractivity contribution < 1.29 is 29.1 Å². The van der Waals surface area contributed by atoms with E-state index in [1.165, 1.54) is 11.8 Å². The fourth-order valence-corrected chi connectivity index (χ4v) is 4.27. The van der Waals surface area contributed by atoms with Crippen LogP contribution in [0.3, 0.4) is 0 Å². The van der Waals surface area contributed by atoms with E-state index in [2.05, 4.69) is 33.6 Å². The summed E-state index contributed by atoms with van der Waals surface area (Å²) in [6.45, 7) is 0. The molecule has 2 rings (SSSR count). The smallest absolute Gasteiger partial charge is 0.327 e. The molecule has 37 heavy (non-hydrogen) atoms. The number of thiol groups is 1. The number of fused-ring (bicyclic) bond motifs is 1. The van der Waals surface area contributed by atoms with Gasteiger partial charge in [-0.05, 0) is 30.1 Å². The van der Waals surface area contributed by atoms with E-state index in [1.807, 2.05) is 30.5 Å². The Balaban J connectivity index is 2.28. The van der Waals surface area contributed by atoms with Gasteiger partial charge in [0.25, 0.3) is 0 Å². The molecule has 1 heterocycles. The molecule has 0 saturated heterocycles. The SMILES string of the molecule is CSCCC(NC(=O)C(N)CC(N)=O)C(=O)NC(Cc1c[nH]c2ccccc12)C(=O)NC(CS)C(=O)O. The molecule has 0 spiro atoms. The summed E-state index contributed by atoms with van der Waals surface area (Å²) >= 11 is 5.42. The quantitative estimate of drug-likeness (QED) is 0.130. The Morgan fingerprint density at radius 3 is 2.27 bits per heavy atom. The van der Waals surface area contributed by atoms with E-state index in [0.29, 0.717) is 5.75 Å². The number of carbonyl (C=O) groups excluding carboxylic acids is 4. The summed E-state index contributed by atoms with van der Waals surface area (Å²) < 4.78 is 0. The van der Waals surface area contributed by atoms with Gasteiger partial charge in [-0.3, -0.25) is 19.2 Å². The van der Waals surface area contributed by atoms with Gasteiger partial charge in [-0.2, -0.15) is 24.4 Å². The lowest BCUT2D eigenvalue weighted by molar-refractivity contribution is -0.141. The van der Waals surface area contributed by atoms with Crippen LogP contribution < -0.4 is 27.4 Å². The minimum absolute atomic E-state index is 0.0465. The van der Waals surface area contributed by atoms with Crippen LogP contribution in [0, 0.1) is 0 Å². The highest BCUT2D eigenvalue weighted by atomic mass is 32.2. The number of thioether (sulfide) groups is 1. The van der Waals surface area contributed by atoms with E-state index >= 15 is 0 Å². The number of nitrogens with one attached hydrogen (secondary N) is 4. The number of primary amides is 1. The number of para-hydroxylation sites is 1. The van der Waals surface area contributed by atoms with E-state index in [-0.39, 0.29) is 18.6 Å². The van der Waals surface area contributed by atoms with Crippen molar-refractivity contribution in [3.63, 3.8) is 0 Å². The predicted octanol–water partition coefficient (Wildman–Crippen LogP) is -0.865. The minimum atomic E-state index is -1.27. The maximum Gasteiger partial charge on any atom is 0.327 e. The molecule has 0 bridgehead atoms. The number of carbonyl (C=O) groups is 5. The van der Waals surface area contributed by atoms with Crippen molar-refractivity contribution in [3.05, 3.63) is 36.0 Å². The zero-order valence-corrected chi connectivity index (χ0v) is 21.9. The lowest BCUT2D eigenvalue weighted by atomic mass is 10.0. The molecule has 2 aromatic rings. The summed E-state index contributed by atoms with van der Waals surface area (Å²) in [6.07, 6.45) is 3.41. The number of hydrogen-bond acceptors (Lipinski definition) is 8. The Morgan fingerprint density at radius 2 is 1.65 bits per heavy atom.